The standard InChI is InChI=1S/C25H29BrN4O4/c1-32-21-9-8-17(13-22(21)33-2)10-11-27-25(31)19-6-4-12-30(15-19)16-23-28-24(29-34-23)18-5-3-7-20(26)14-18/h3,5,7-9,13-14,19H,4,6,10-12,15-16H2,1-2H3,(H,27,31). The number of methoxy groups -OCH3 is 2. The van der Waals surface area contributed by atoms with Gasteiger partial charge in [-0.2, -0.15) is 4.98 Å². The lowest BCUT2D eigenvalue weighted by molar-refractivity contribution is -0.126. The lowest BCUT2D eigenvalue weighted by Crippen LogP contribution is -2.43. The van der Waals surface area contributed by atoms with Gasteiger partial charge in [0, 0.05) is 23.1 Å². The monoisotopic (exact) mass is 528 g/mol. The van der Waals surface area contributed by atoms with Crippen LogP contribution in [-0.2, 0) is 17.8 Å². The summed E-state index contributed by atoms with van der Waals surface area (Å²) in [4.78, 5) is 19.5. The topological polar surface area (TPSA) is 89.7 Å². The molecule has 0 radical (unpaired) electrons. The van der Waals surface area contributed by atoms with Gasteiger partial charge < -0.3 is 19.3 Å². The van der Waals surface area contributed by atoms with Crippen molar-refractivity contribution in [3.05, 3.63) is 58.4 Å². The summed E-state index contributed by atoms with van der Waals surface area (Å²) in [6, 6.07) is 13.6. The first-order valence-corrected chi connectivity index (χ1v) is 12.1. The molecule has 0 aliphatic carbocycles. The minimum atomic E-state index is -0.0494. The zero-order valence-corrected chi connectivity index (χ0v) is 21.0. The van der Waals surface area contributed by atoms with Gasteiger partial charge in [-0.15, -0.1) is 0 Å². The molecule has 2 aromatic carbocycles. The molecule has 1 amide bonds. The Kier molecular flexibility index (Phi) is 8.18. The fraction of sp³-hybridized carbons (Fsp3) is 0.400. The summed E-state index contributed by atoms with van der Waals surface area (Å²) >= 11 is 3.47. The first-order chi connectivity index (χ1) is 16.6. The van der Waals surface area contributed by atoms with Crippen LogP contribution in [-0.4, -0.2) is 54.8 Å². The lowest BCUT2D eigenvalue weighted by Gasteiger charge is -2.30. The van der Waals surface area contributed by atoms with Gasteiger partial charge in [-0.05, 0) is 55.6 Å². The van der Waals surface area contributed by atoms with Crippen molar-refractivity contribution < 1.29 is 18.8 Å². The summed E-state index contributed by atoms with van der Waals surface area (Å²) in [5.74, 6) is 2.56. The summed E-state index contributed by atoms with van der Waals surface area (Å²) in [5.41, 5.74) is 1.98. The number of halogens is 1. The number of carbonyl (C=O) groups is 1. The van der Waals surface area contributed by atoms with Crippen molar-refractivity contribution in [1.29, 1.82) is 0 Å². The van der Waals surface area contributed by atoms with Crippen molar-refractivity contribution in [2.75, 3.05) is 33.9 Å². The molecule has 34 heavy (non-hydrogen) atoms. The maximum atomic E-state index is 12.8. The SMILES string of the molecule is COc1ccc(CCNC(=O)C2CCCN(Cc3nc(-c4cccc(Br)c4)no3)C2)cc1OC. The molecule has 1 saturated heterocycles. The number of carbonyl (C=O) groups excluding carboxylic acids is 1. The van der Waals surface area contributed by atoms with Crippen LogP contribution in [0, 0.1) is 5.92 Å². The number of nitrogens with one attached hydrogen (secondary N) is 1. The van der Waals surface area contributed by atoms with Crippen LogP contribution in [0.1, 0.15) is 24.3 Å². The van der Waals surface area contributed by atoms with Crippen molar-refractivity contribution in [2.24, 2.45) is 5.92 Å². The first kappa shape index (κ1) is 24.2. The fourth-order valence-corrected chi connectivity index (χ4v) is 4.58. The minimum Gasteiger partial charge on any atom is -0.493 e. The van der Waals surface area contributed by atoms with Crippen molar-refractivity contribution in [3.8, 4) is 22.9 Å². The maximum Gasteiger partial charge on any atom is 0.241 e. The van der Waals surface area contributed by atoms with Gasteiger partial charge in [-0.1, -0.05) is 39.3 Å². The smallest absolute Gasteiger partial charge is 0.241 e. The van der Waals surface area contributed by atoms with Crippen LogP contribution in [0.5, 0.6) is 11.5 Å². The van der Waals surface area contributed by atoms with Gasteiger partial charge in [0.15, 0.2) is 11.5 Å². The number of aromatic nitrogens is 2. The number of hydrogen-bond acceptors (Lipinski definition) is 7. The zero-order chi connectivity index (χ0) is 23.9. The highest BCUT2D eigenvalue weighted by Gasteiger charge is 2.26. The summed E-state index contributed by atoms with van der Waals surface area (Å²) in [6.45, 7) is 2.70. The van der Waals surface area contributed by atoms with E-state index < -0.39 is 0 Å². The van der Waals surface area contributed by atoms with E-state index in [9.17, 15) is 4.79 Å². The molecule has 8 nitrogen and oxygen atoms in total. The zero-order valence-electron chi connectivity index (χ0n) is 19.4. The molecule has 1 aliphatic heterocycles. The van der Waals surface area contributed by atoms with Crippen LogP contribution in [0.25, 0.3) is 11.4 Å². The minimum absolute atomic E-state index is 0.0494. The molecule has 3 aromatic rings. The summed E-state index contributed by atoms with van der Waals surface area (Å²) in [5, 5.41) is 7.20. The molecule has 0 spiro atoms. The van der Waals surface area contributed by atoms with Crippen molar-refractivity contribution in [1.82, 2.24) is 20.4 Å². The summed E-state index contributed by atoms with van der Waals surface area (Å²) in [7, 11) is 3.24. The largest absolute Gasteiger partial charge is 0.493 e. The Morgan fingerprint density at radius 1 is 1.21 bits per heavy atom. The molecule has 1 unspecified atom stereocenters. The van der Waals surface area contributed by atoms with Gasteiger partial charge in [0.2, 0.25) is 17.6 Å². The predicted molar refractivity (Wildman–Crippen MR) is 132 cm³/mol. The molecule has 1 N–H and O–H groups in total. The summed E-state index contributed by atoms with van der Waals surface area (Å²) in [6.07, 6.45) is 2.56. The van der Waals surface area contributed by atoms with E-state index in [1.807, 2.05) is 42.5 Å². The second-order valence-electron chi connectivity index (χ2n) is 8.33. The van der Waals surface area contributed by atoms with Crippen LogP contribution in [0.15, 0.2) is 51.5 Å². The Balaban J connectivity index is 1.27. The van der Waals surface area contributed by atoms with E-state index >= 15 is 0 Å². The average molecular weight is 529 g/mol. The fourth-order valence-electron chi connectivity index (χ4n) is 4.18. The molecular formula is C25H29BrN4O4. The van der Waals surface area contributed by atoms with E-state index in [2.05, 4.69) is 36.3 Å². The van der Waals surface area contributed by atoms with Crippen LogP contribution >= 0.6 is 15.9 Å². The van der Waals surface area contributed by atoms with Gasteiger partial charge in [0.05, 0.1) is 26.7 Å². The third-order valence-corrected chi connectivity index (χ3v) is 6.44. The van der Waals surface area contributed by atoms with E-state index in [0.29, 0.717) is 42.8 Å². The van der Waals surface area contributed by atoms with E-state index in [0.717, 1.165) is 41.4 Å². The number of ether oxygens (including phenoxy) is 2. The van der Waals surface area contributed by atoms with Gasteiger partial charge >= 0.3 is 0 Å². The number of likely N-dealkylation sites (tertiary alicyclic amines) is 1. The van der Waals surface area contributed by atoms with Gasteiger partial charge in [0.25, 0.3) is 0 Å². The Bertz CT molecular complexity index is 1120. The Hall–Kier alpha value is -2.91. The second kappa shape index (κ2) is 11.5. The Morgan fingerprint density at radius 3 is 2.85 bits per heavy atom. The Labute approximate surface area is 207 Å². The first-order valence-electron chi connectivity index (χ1n) is 11.3. The van der Waals surface area contributed by atoms with E-state index in [1.165, 1.54) is 0 Å². The van der Waals surface area contributed by atoms with Crippen LogP contribution < -0.4 is 14.8 Å². The number of piperidine rings is 1. The average Bonchev–Trinajstić information content (AvgIpc) is 3.32. The van der Waals surface area contributed by atoms with Crippen molar-refractivity contribution in [3.63, 3.8) is 0 Å². The van der Waals surface area contributed by atoms with E-state index in [-0.39, 0.29) is 11.8 Å². The highest BCUT2D eigenvalue weighted by molar-refractivity contribution is 9.10. The molecule has 1 fully saturated rings. The highest BCUT2D eigenvalue weighted by Crippen LogP contribution is 2.27. The van der Waals surface area contributed by atoms with Gasteiger partial charge in [0.1, 0.15) is 0 Å². The molecule has 1 atom stereocenters. The third-order valence-electron chi connectivity index (χ3n) is 5.95. The molecule has 0 saturated carbocycles. The quantitative estimate of drug-likeness (QED) is 0.447. The van der Waals surface area contributed by atoms with Crippen molar-refractivity contribution >= 4 is 21.8 Å². The van der Waals surface area contributed by atoms with Gasteiger partial charge in [-0.3, -0.25) is 9.69 Å². The maximum absolute atomic E-state index is 12.8. The number of rotatable bonds is 9. The molecule has 1 aromatic heterocycles. The molecule has 0 bridgehead atoms. The Morgan fingerprint density at radius 2 is 2.06 bits per heavy atom. The molecule has 180 valence electrons. The third kappa shape index (κ3) is 6.15. The molecule has 4 rings (SSSR count). The lowest BCUT2D eigenvalue weighted by atomic mass is 9.97. The van der Waals surface area contributed by atoms with Crippen molar-refractivity contribution in [2.45, 2.75) is 25.8 Å². The molecular weight excluding hydrogens is 500 g/mol. The van der Waals surface area contributed by atoms with Crippen LogP contribution in [0.3, 0.4) is 0 Å². The second-order valence-corrected chi connectivity index (χ2v) is 9.24. The van der Waals surface area contributed by atoms with Crippen LogP contribution in [0.2, 0.25) is 0 Å². The number of benzene rings is 2. The number of hydrogen-bond donors (Lipinski definition) is 1. The molecule has 9 heteroatoms. The summed E-state index contributed by atoms with van der Waals surface area (Å²) < 4.78 is 17.1. The van der Waals surface area contributed by atoms with E-state index in [4.69, 9.17) is 14.0 Å². The normalized spacial score (nSPS) is 16.3. The highest BCUT2D eigenvalue weighted by atomic mass is 79.9. The number of amides is 1. The van der Waals surface area contributed by atoms with Crippen LogP contribution in [0.4, 0.5) is 0 Å². The van der Waals surface area contributed by atoms with E-state index in [1.54, 1.807) is 14.2 Å². The number of nitrogens with zero attached hydrogens (tertiary/aromatic N) is 3. The van der Waals surface area contributed by atoms with Gasteiger partial charge in [-0.25, -0.2) is 0 Å². The molecule has 2 heterocycles. The molecule has 1 aliphatic rings. The predicted octanol–water partition coefficient (Wildman–Crippen LogP) is 4.09.